The molecule has 4 nitrogen and oxygen atoms in total. The summed E-state index contributed by atoms with van der Waals surface area (Å²) in [5.41, 5.74) is 7.55. The van der Waals surface area contributed by atoms with Gasteiger partial charge in [-0.05, 0) is 30.2 Å². The fourth-order valence-electron chi connectivity index (χ4n) is 2.10. The molecule has 0 bridgehead atoms. The molecule has 0 fully saturated rings. The van der Waals surface area contributed by atoms with E-state index in [9.17, 15) is 4.39 Å². The highest BCUT2D eigenvalue weighted by Gasteiger charge is 2.21. The van der Waals surface area contributed by atoms with Crippen molar-refractivity contribution in [2.45, 2.75) is 6.42 Å². The van der Waals surface area contributed by atoms with Gasteiger partial charge in [0.05, 0.1) is 0 Å². The molecule has 1 aromatic carbocycles. The molecule has 2 heterocycles. The third kappa shape index (κ3) is 2.09. The van der Waals surface area contributed by atoms with Crippen LogP contribution in [0, 0.1) is 5.82 Å². The molecule has 6 heteroatoms. The second-order valence-corrected chi connectivity index (χ2v) is 3.95. The van der Waals surface area contributed by atoms with E-state index < -0.39 is 0 Å². The van der Waals surface area contributed by atoms with E-state index in [0.29, 0.717) is 5.82 Å². The van der Waals surface area contributed by atoms with Gasteiger partial charge in [-0.25, -0.2) is 9.37 Å². The van der Waals surface area contributed by atoms with Crippen LogP contribution in [0.5, 0.6) is 0 Å². The Morgan fingerprint density at radius 1 is 1.28 bits per heavy atom. The topological polar surface area (TPSA) is 55.0 Å². The van der Waals surface area contributed by atoms with E-state index in [4.69, 9.17) is 5.73 Å². The number of aromatic nitrogens is 2. The van der Waals surface area contributed by atoms with Crippen molar-refractivity contribution in [2.24, 2.45) is 0 Å². The Hall–Kier alpha value is -1.88. The Morgan fingerprint density at radius 3 is 2.89 bits per heavy atom. The molecule has 0 unspecified atom stereocenters. The van der Waals surface area contributed by atoms with Gasteiger partial charge in [0.25, 0.3) is 0 Å². The van der Waals surface area contributed by atoms with Crippen molar-refractivity contribution in [2.75, 3.05) is 17.2 Å². The van der Waals surface area contributed by atoms with Crippen LogP contribution in [0.15, 0.2) is 30.5 Å². The number of halogens is 2. The molecule has 0 radical (unpaired) electrons. The number of nitrogen functional groups attached to an aromatic ring is 1. The molecule has 0 saturated heterocycles. The van der Waals surface area contributed by atoms with Gasteiger partial charge in [0.1, 0.15) is 11.6 Å². The number of nitrogens with two attached hydrogens (primary N) is 1. The number of rotatable bonds is 1. The highest BCUT2D eigenvalue weighted by Crippen LogP contribution is 2.33. The van der Waals surface area contributed by atoms with Crippen LogP contribution in [-0.4, -0.2) is 16.5 Å². The highest BCUT2D eigenvalue weighted by atomic mass is 35.5. The number of anilines is 3. The monoisotopic (exact) mass is 266 g/mol. The Balaban J connectivity index is 0.00000120. The van der Waals surface area contributed by atoms with Crippen LogP contribution < -0.4 is 10.6 Å². The molecule has 3 rings (SSSR count). The van der Waals surface area contributed by atoms with E-state index in [1.165, 1.54) is 12.1 Å². The van der Waals surface area contributed by atoms with Crippen molar-refractivity contribution in [3.63, 3.8) is 0 Å². The van der Waals surface area contributed by atoms with Crippen molar-refractivity contribution in [3.05, 3.63) is 41.8 Å². The standard InChI is InChI=1S/C12H11FN4.ClH/c13-9-2-1-8-4-6-17(10(8)7-9)11-3-5-15-12(14)16-11;/h1-3,5,7H,4,6H2,(H2,14,15,16);1H. The molecule has 0 spiro atoms. The fourth-order valence-corrected chi connectivity index (χ4v) is 2.10. The van der Waals surface area contributed by atoms with Crippen LogP contribution in [-0.2, 0) is 6.42 Å². The minimum absolute atomic E-state index is 0. The number of hydrogen-bond acceptors (Lipinski definition) is 4. The summed E-state index contributed by atoms with van der Waals surface area (Å²) in [6.45, 7) is 0.787. The van der Waals surface area contributed by atoms with Crippen LogP contribution in [0.25, 0.3) is 0 Å². The van der Waals surface area contributed by atoms with E-state index in [0.717, 1.165) is 24.2 Å². The van der Waals surface area contributed by atoms with Crippen molar-refractivity contribution in [1.29, 1.82) is 0 Å². The summed E-state index contributed by atoms with van der Waals surface area (Å²) in [5, 5.41) is 0. The molecule has 18 heavy (non-hydrogen) atoms. The zero-order valence-electron chi connectivity index (χ0n) is 9.51. The second kappa shape index (κ2) is 4.78. The van der Waals surface area contributed by atoms with Gasteiger partial charge in [0.15, 0.2) is 0 Å². The summed E-state index contributed by atoms with van der Waals surface area (Å²) in [5.74, 6) is 0.701. The normalized spacial score (nSPS) is 13.1. The first kappa shape index (κ1) is 12.6. The van der Waals surface area contributed by atoms with E-state index in [1.54, 1.807) is 12.3 Å². The maximum atomic E-state index is 13.2. The van der Waals surface area contributed by atoms with E-state index in [2.05, 4.69) is 9.97 Å². The van der Waals surface area contributed by atoms with Crippen LogP contribution >= 0.6 is 12.4 Å². The summed E-state index contributed by atoms with van der Waals surface area (Å²) in [4.78, 5) is 9.96. The maximum Gasteiger partial charge on any atom is 0.221 e. The van der Waals surface area contributed by atoms with E-state index in [-0.39, 0.29) is 24.2 Å². The number of hydrogen-bond donors (Lipinski definition) is 1. The molecule has 94 valence electrons. The average Bonchev–Trinajstić information content (AvgIpc) is 2.71. The maximum absolute atomic E-state index is 13.2. The molecular formula is C12H12ClFN4. The molecule has 0 aliphatic carbocycles. The molecule has 0 atom stereocenters. The van der Waals surface area contributed by atoms with E-state index in [1.807, 2.05) is 11.0 Å². The van der Waals surface area contributed by atoms with E-state index >= 15 is 0 Å². The Morgan fingerprint density at radius 2 is 2.11 bits per heavy atom. The number of nitrogens with zero attached hydrogens (tertiary/aromatic N) is 3. The van der Waals surface area contributed by atoms with Crippen LogP contribution in [0.1, 0.15) is 5.56 Å². The largest absolute Gasteiger partial charge is 0.368 e. The quantitative estimate of drug-likeness (QED) is 0.861. The lowest BCUT2D eigenvalue weighted by atomic mass is 10.2. The Bertz CT molecular complexity index is 576. The van der Waals surface area contributed by atoms with Crippen molar-refractivity contribution in [1.82, 2.24) is 9.97 Å². The molecule has 1 aromatic heterocycles. The van der Waals surface area contributed by atoms with Crippen LogP contribution in [0.4, 0.5) is 21.8 Å². The minimum atomic E-state index is -0.238. The number of benzene rings is 1. The highest BCUT2D eigenvalue weighted by molar-refractivity contribution is 5.85. The number of fused-ring (bicyclic) bond motifs is 1. The smallest absolute Gasteiger partial charge is 0.221 e. The first-order valence-corrected chi connectivity index (χ1v) is 5.38. The third-order valence-corrected chi connectivity index (χ3v) is 2.88. The van der Waals surface area contributed by atoms with Crippen LogP contribution in [0.2, 0.25) is 0 Å². The van der Waals surface area contributed by atoms with Gasteiger partial charge in [0.2, 0.25) is 5.95 Å². The van der Waals surface area contributed by atoms with Gasteiger partial charge >= 0.3 is 0 Å². The van der Waals surface area contributed by atoms with Gasteiger partial charge in [0, 0.05) is 18.4 Å². The lowest BCUT2D eigenvalue weighted by Crippen LogP contribution is -2.15. The van der Waals surface area contributed by atoms with Gasteiger partial charge in [-0.15, -0.1) is 12.4 Å². The van der Waals surface area contributed by atoms with Gasteiger partial charge in [-0.1, -0.05) is 6.07 Å². The molecule has 1 aliphatic heterocycles. The summed E-state index contributed by atoms with van der Waals surface area (Å²) in [6.07, 6.45) is 2.49. The van der Waals surface area contributed by atoms with Gasteiger partial charge in [-0.3, -0.25) is 0 Å². The minimum Gasteiger partial charge on any atom is -0.368 e. The lowest BCUT2D eigenvalue weighted by molar-refractivity contribution is 0.628. The van der Waals surface area contributed by atoms with Crippen molar-refractivity contribution >= 4 is 29.9 Å². The van der Waals surface area contributed by atoms with Gasteiger partial charge < -0.3 is 10.6 Å². The van der Waals surface area contributed by atoms with Gasteiger partial charge in [-0.2, -0.15) is 4.98 Å². The summed E-state index contributed by atoms with van der Waals surface area (Å²) in [6, 6.07) is 6.60. The zero-order valence-corrected chi connectivity index (χ0v) is 10.3. The molecule has 0 saturated carbocycles. The molecule has 0 amide bonds. The summed E-state index contributed by atoms with van der Waals surface area (Å²) in [7, 11) is 0. The predicted molar refractivity (Wildman–Crippen MR) is 70.8 cm³/mol. The Kier molecular flexibility index (Phi) is 3.34. The van der Waals surface area contributed by atoms with Crippen LogP contribution in [0.3, 0.4) is 0 Å². The summed E-state index contributed by atoms with van der Waals surface area (Å²) < 4.78 is 13.2. The predicted octanol–water partition coefficient (Wildman–Crippen LogP) is 2.31. The lowest BCUT2D eigenvalue weighted by Gasteiger charge is -2.18. The second-order valence-electron chi connectivity index (χ2n) is 3.95. The molecule has 2 N–H and O–H groups in total. The Labute approximate surface area is 110 Å². The van der Waals surface area contributed by atoms with Crippen molar-refractivity contribution in [3.8, 4) is 0 Å². The average molecular weight is 267 g/mol. The first-order valence-electron chi connectivity index (χ1n) is 5.38. The zero-order chi connectivity index (χ0) is 11.8. The van der Waals surface area contributed by atoms with Crippen molar-refractivity contribution < 1.29 is 4.39 Å². The first-order chi connectivity index (χ1) is 8.24. The SMILES string of the molecule is Cl.Nc1nccc(N2CCc3ccc(F)cc32)n1. The fraction of sp³-hybridized carbons (Fsp3) is 0.167. The summed E-state index contributed by atoms with van der Waals surface area (Å²) >= 11 is 0. The molecular weight excluding hydrogens is 255 g/mol. The molecule has 1 aliphatic rings. The molecule has 2 aromatic rings. The third-order valence-electron chi connectivity index (χ3n) is 2.88.